The highest BCUT2D eigenvalue weighted by atomic mass is 32.2. The number of benzene rings is 1. The van der Waals surface area contributed by atoms with Crippen molar-refractivity contribution in [3.8, 4) is 5.75 Å². The lowest BCUT2D eigenvalue weighted by atomic mass is 9.99. The van der Waals surface area contributed by atoms with E-state index in [0.717, 1.165) is 34.3 Å². The summed E-state index contributed by atoms with van der Waals surface area (Å²) in [5.74, 6) is 0.544. The van der Waals surface area contributed by atoms with Gasteiger partial charge in [-0.1, -0.05) is 32.0 Å². The van der Waals surface area contributed by atoms with Crippen LogP contribution in [0.15, 0.2) is 42.6 Å². The first-order chi connectivity index (χ1) is 15.6. The molecule has 1 aromatic heterocycles. The van der Waals surface area contributed by atoms with Crippen LogP contribution in [-0.2, 0) is 27.2 Å². The van der Waals surface area contributed by atoms with E-state index < -0.39 is 4.75 Å². The Morgan fingerprint density at radius 3 is 2.42 bits per heavy atom. The molecular weight excluding hydrogens is 440 g/mol. The molecule has 1 aliphatic heterocycles. The van der Waals surface area contributed by atoms with Gasteiger partial charge in [-0.15, -0.1) is 0 Å². The molecular formula is C25H30N2O5S. The lowest BCUT2D eigenvalue weighted by Crippen LogP contribution is -2.35. The fourth-order valence-corrected chi connectivity index (χ4v) is 4.39. The topological polar surface area (TPSA) is 94.6 Å². The van der Waals surface area contributed by atoms with Crippen molar-refractivity contribution in [3.05, 3.63) is 59.4 Å². The Morgan fingerprint density at radius 2 is 1.85 bits per heavy atom. The van der Waals surface area contributed by atoms with Crippen molar-refractivity contribution < 1.29 is 23.9 Å². The molecule has 1 aliphatic rings. The predicted octanol–water partition coefficient (Wildman–Crippen LogP) is 4.64. The molecule has 8 heteroatoms. The lowest BCUT2D eigenvalue weighted by molar-refractivity contribution is -0.149. The monoisotopic (exact) mass is 470 g/mol. The number of carbonyl (C=O) groups is 3. The molecule has 2 amide bonds. The summed E-state index contributed by atoms with van der Waals surface area (Å²) in [6.07, 6.45) is 2.92. The minimum Gasteiger partial charge on any atom is -0.493 e. The molecule has 7 nitrogen and oxygen atoms in total. The summed E-state index contributed by atoms with van der Waals surface area (Å²) < 4.78 is 10.5. The first kappa shape index (κ1) is 24.8. The van der Waals surface area contributed by atoms with Gasteiger partial charge >= 0.3 is 5.97 Å². The van der Waals surface area contributed by atoms with Gasteiger partial charge in [0.25, 0.3) is 5.24 Å². The average molecular weight is 471 g/mol. The number of carbonyl (C=O) groups excluding carboxylic acids is 3. The number of imide groups is 1. The molecule has 33 heavy (non-hydrogen) atoms. The standard InChI is InChI=1S/C25H30N2O5S/c1-16(2)13-22(28)32-17(3)19-7-8-20(26-15-19)11-12-31-21-9-5-18(6-10-21)14-25(4)23(29)27-24(30)33-25/h5-10,15-17H,11-14H2,1-4H3,(H,27,29,30)/t17?,25-/m0/s1. The van der Waals surface area contributed by atoms with Crippen molar-refractivity contribution in [1.82, 2.24) is 10.3 Å². The fraction of sp³-hybridized carbons (Fsp3) is 0.440. The number of hydrogen-bond donors (Lipinski definition) is 1. The Bertz CT molecular complexity index is 991. The molecule has 1 saturated heterocycles. The maximum Gasteiger partial charge on any atom is 0.306 e. The molecule has 2 atom stereocenters. The van der Waals surface area contributed by atoms with E-state index in [2.05, 4.69) is 10.3 Å². The summed E-state index contributed by atoms with van der Waals surface area (Å²) in [5.41, 5.74) is 2.71. The molecule has 1 fully saturated rings. The van der Waals surface area contributed by atoms with Gasteiger partial charge in [-0.25, -0.2) is 0 Å². The summed E-state index contributed by atoms with van der Waals surface area (Å²) in [7, 11) is 0. The number of nitrogens with one attached hydrogen (secondary N) is 1. The highest BCUT2D eigenvalue weighted by Gasteiger charge is 2.43. The molecule has 0 spiro atoms. The maximum absolute atomic E-state index is 12.0. The van der Waals surface area contributed by atoms with Crippen molar-refractivity contribution >= 4 is 28.9 Å². The van der Waals surface area contributed by atoms with Gasteiger partial charge in [0.15, 0.2) is 0 Å². The van der Waals surface area contributed by atoms with Crippen LogP contribution in [0, 0.1) is 5.92 Å². The maximum atomic E-state index is 12.0. The second-order valence-corrected chi connectivity index (χ2v) is 10.3. The minimum absolute atomic E-state index is 0.200. The summed E-state index contributed by atoms with van der Waals surface area (Å²) in [6.45, 7) is 8.05. The van der Waals surface area contributed by atoms with E-state index in [0.29, 0.717) is 25.9 Å². The van der Waals surface area contributed by atoms with E-state index in [9.17, 15) is 14.4 Å². The van der Waals surface area contributed by atoms with Crippen LogP contribution < -0.4 is 10.1 Å². The molecule has 0 aliphatic carbocycles. The third-order valence-corrected chi connectivity index (χ3v) is 6.37. The van der Waals surface area contributed by atoms with Crippen LogP contribution in [0.25, 0.3) is 0 Å². The Labute approximate surface area is 198 Å². The van der Waals surface area contributed by atoms with Crippen LogP contribution in [0.2, 0.25) is 0 Å². The molecule has 1 aromatic carbocycles. The van der Waals surface area contributed by atoms with Crippen LogP contribution in [0.3, 0.4) is 0 Å². The predicted molar refractivity (Wildman–Crippen MR) is 127 cm³/mol. The highest BCUT2D eigenvalue weighted by molar-refractivity contribution is 8.16. The van der Waals surface area contributed by atoms with Gasteiger partial charge < -0.3 is 9.47 Å². The third kappa shape index (κ3) is 7.05. The van der Waals surface area contributed by atoms with E-state index in [1.165, 1.54) is 0 Å². The van der Waals surface area contributed by atoms with Gasteiger partial charge in [-0.2, -0.15) is 0 Å². The number of nitrogens with zero attached hydrogens (tertiary/aromatic N) is 1. The van der Waals surface area contributed by atoms with Gasteiger partial charge in [0, 0.05) is 30.3 Å². The van der Waals surface area contributed by atoms with Crippen molar-refractivity contribution in [2.75, 3.05) is 6.61 Å². The Hall–Kier alpha value is -2.87. The highest BCUT2D eigenvalue weighted by Crippen LogP contribution is 2.34. The lowest BCUT2D eigenvalue weighted by Gasteiger charge is -2.18. The molecule has 0 radical (unpaired) electrons. The number of ether oxygens (including phenoxy) is 2. The SMILES string of the molecule is CC(C)CC(=O)OC(C)c1ccc(CCOc2ccc(C[C@]3(C)SC(=O)NC3=O)cc2)nc1. The van der Waals surface area contributed by atoms with Crippen LogP contribution >= 0.6 is 11.8 Å². The molecule has 0 saturated carbocycles. The summed E-state index contributed by atoms with van der Waals surface area (Å²) in [5, 5.41) is 2.04. The second-order valence-electron chi connectivity index (χ2n) is 8.81. The van der Waals surface area contributed by atoms with E-state index in [-0.39, 0.29) is 29.1 Å². The van der Waals surface area contributed by atoms with E-state index in [1.807, 2.05) is 57.2 Å². The summed E-state index contributed by atoms with van der Waals surface area (Å²) in [6, 6.07) is 11.4. The molecule has 3 rings (SSSR count). The second kappa shape index (κ2) is 10.8. The number of aromatic nitrogens is 1. The van der Waals surface area contributed by atoms with Crippen LogP contribution in [-0.4, -0.2) is 33.5 Å². The fourth-order valence-electron chi connectivity index (χ4n) is 3.46. The zero-order valence-corrected chi connectivity index (χ0v) is 20.2. The quantitative estimate of drug-likeness (QED) is 0.506. The van der Waals surface area contributed by atoms with Gasteiger partial charge in [-0.3, -0.25) is 24.7 Å². The Morgan fingerprint density at radius 1 is 1.12 bits per heavy atom. The van der Waals surface area contributed by atoms with E-state index in [1.54, 1.807) is 13.1 Å². The first-order valence-corrected chi connectivity index (χ1v) is 11.9. The largest absolute Gasteiger partial charge is 0.493 e. The molecule has 2 aromatic rings. The Balaban J connectivity index is 1.45. The van der Waals surface area contributed by atoms with Gasteiger partial charge in [0.2, 0.25) is 5.91 Å². The van der Waals surface area contributed by atoms with E-state index >= 15 is 0 Å². The number of amides is 2. The molecule has 2 heterocycles. The smallest absolute Gasteiger partial charge is 0.306 e. The number of pyridine rings is 1. The number of rotatable bonds is 10. The first-order valence-electron chi connectivity index (χ1n) is 11.0. The third-order valence-electron chi connectivity index (χ3n) is 5.31. The summed E-state index contributed by atoms with van der Waals surface area (Å²) >= 11 is 1.03. The van der Waals surface area contributed by atoms with Gasteiger partial charge in [0.05, 0.1) is 6.61 Å². The zero-order chi connectivity index (χ0) is 24.0. The van der Waals surface area contributed by atoms with Crippen LogP contribution in [0.4, 0.5) is 4.79 Å². The molecule has 0 bridgehead atoms. The van der Waals surface area contributed by atoms with Crippen molar-refractivity contribution in [2.45, 2.75) is 57.8 Å². The minimum atomic E-state index is -0.776. The average Bonchev–Trinajstić information content (AvgIpc) is 3.00. The summed E-state index contributed by atoms with van der Waals surface area (Å²) in [4.78, 5) is 39.7. The van der Waals surface area contributed by atoms with Crippen molar-refractivity contribution in [2.24, 2.45) is 5.92 Å². The van der Waals surface area contributed by atoms with Crippen LogP contribution in [0.1, 0.15) is 57.0 Å². The Kier molecular flexibility index (Phi) is 8.13. The van der Waals surface area contributed by atoms with Gasteiger partial charge in [-0.05, 0) is 61.7 Å². The molecule has 176 valence electrons. The number of thioether (sulfide) groups is 1. The normalized spacial score (nSPS) is 18.8. The van der Waals surface area contributed by atoms with Crippen molar-refractivity contribution in [3.63, 3.8) is 0 Å². The number of hydrogen-bond acceptors (Lipinski definition) is 7. The number of esters is 1. The van der Waals surface area contributed by atoms with E-state index in [4.69, 9.17) is 9.47 Å². The van der Waals surface area contributed by atoms with Crippen molar-refractivity contribution in [1.29, 1.82) is 0 Å². The zero-order valence-electron chi connectivity index (χ0n) is 19.4. The van der Waals surface area contributed by atoms with Crippen LogP contribution in [0.5, 0.6) is 5.75 Å². The molecule has 1 N–H and O–H groups in total. The van der Waals surface area contributed by atoms with Gasteiger partial charge in [0.1, 0.15) is 16.6 Å². The molecule has 1 unspecified atom stereocenters.